The lowest BCUT2D eigenvalue weighted by Crippen LogP contribution is -2.27. The third-order valence-electron chi connectivity index (χ3n) is 2.91. The number of rotatable bonds is 4. The van der Waals surface area contributed by atoms with Crippen LogP contribution in [-0.2, 0) is 4.79 Å². The molecule has 3 N–H and O–H groups in total. The molecular formula is C15H13BrF2N2O. The summed E-state index contributed by atoms with van der Waals surface area (Å²) >= 11 is 3.04. The van der Waals surface area contributed by atoms with Crippen molar-refractivity contribution in [2.45, 2.75) is 13.0 Å². The standard InChI is InChI=1S/C15H13BrF2N2O/c1-8-4-10(17)7-11(5-8)20-14(15(19)21)9-2-3-12(16)13(18)6-9/h2-7,14,20H,1H3,(H2,19,21). The zero-order valence-corrected chi connectivity index (χ0v) is 12.7. The summed E-state index contributed by atoms with van der Waals surface area (Å²) in [5.74, 6) is -1.61. The van der Waals surface area contributed by atoms with Gasteiger partial charge in [-0.25, -0.2) is 8.78 Å². The number of carbonyl (C=O) groups is 1. The highest BCUT2D eigenvalue weighted by atomic mass is 79.9. The summed E-state index contributed by atoms with van der Waals surface area (Å²) in [6.45, 7) is 1.73. The van der Waals surface area contributed by atoms with Crippen molar-refractivity contribution < 1.29 is 13.6 Å². The predicted octanol–water partition coefficient (Wildman–Crippen LogP) is 3.67. The van der Waals surface area contributed by atoms with Crippen LogP contribution < -0.4 is 11.1 Å². The molecule has 3 nitrogen and oxygen atoms in total. The molecule has 1 unspecified atom stereocenters. The Bertz CT molecular complexity index is 671. The largest absolute Gasteiger partial charge is 0.370 e. The normalized spacial score (nSPS) is 12.0. The number of nitrogens with one attached hydrogen (secondary N) is 1. The van der Waals surface area contributed by atoms with Crippen LogP contribution in [0.15, 0.2) is 40.9 Å². The van der Waals surface area contributed by atoms with Crippen LogP contribution in [0.1, 0.15) is 17.2 Å². The van der Waals surface area contributed by atoms with E-state index in [0.29, 0.717) is 16.8 Å². The van der Waals surface area contributed by atoms with Crippen LogP contribution in [-0.4, -0.2) is 5.91 Å². The molecule has 0 saturated carbocycles. The van der Waals surface area contributed by atoms with Crippen LogP contribution in [0.4, 0.5) is 14.5 Å². The fraction of sp³-hybridized carbons (Fsp3) is 0.133. The smallest absolute Gasteiger partial charge is 0.244 e. The highest BCUT2D eigenvalue weighted by molar-refractivity contribution is 9.10. The van der Waals surface area contributed by atoms with Gasteiger partial charge in [0, 0.05) is 5.69 Å². The Morgan fingerprint density at radius 3 is 2.52 bits per heavy atom. The molecule has 0 spiro atoms. The molecule has 2 aromatic rings. The van der Waals surface area contributed by atoms with Crippen molar-refractivity contribution in [2.24, 2.45) is 5.73 Å². The monoisotopic (exact) mass is 354 g/mol. The number of primary amides is 1. The van der Waals surface area contributed by atoms with Crippen molar-refractivity contribution in [1.82, 2.24) is 0 Å². The average molecular weight is 355 g/mol. The number of hydrogen-bond acceptors (Lipinski definition) is 2. The minimum atomic E-state index is -0.950. The molecule has 0 aliphatic carbocycles. The van der Waals surface area contributed by atoms with Gasteiger partial charge in [-0.3, -0.25) is 4.79 Å². The number of carbonyl (C=O) groups excluding carboxylic acids is 1. The summed E-state index contributed by atoms with van der Waals surface area (Å²) in [6.07, 6.45) is 0. The number of aryl methyl sites for hydroxylation is 1. The fourth-order valence-corrected chi connectivity index (χ4v) is 2.24. The Morgan fingerprint density at radius 1 is 1.24 bits per heavy atom. The molecule has 0 aliphatic heterocycles. The van der Waals surface area contributed by atoms with Gasteiger partial charge in [0.25, 0.3) is 0 Å². The lowest BCUT2D eigenvalue weighted by Gasteiger charge is -2.18. The summed E-state index contributed by atoms with van der Waals surface area (Å²) < 4.78 is 27.2. The lowest BCUT2D eigenvalue weighted by molar-refractivity contribution is -0.118. The van der Waals surface area contributed by atoms with E-state index in [0.717, 1.165) is 0 Å². The summed E-state index contributed by atoms with van der Waals surface area (Å²) in [7, 11) is 0. The third kappa shape index (κ3) is 3.78. The van der Waals surface area contributed by atoms with Crippen LogP contribution in [0, 0.1) is 18.6 Å². The van der Waals surface area contributed by atoms with Crippen molar-refractivity contribution in [3.63, 3.8) is 0 Å². The summed E-state index contributed by atoms with van der Waals surface area (Å²) in [5.41, 5.74) is 6.82. The Morgan fingerprint density at radius 2 is 1.95 bits per heavy atom. The molecule has 21 heavy (non-hydrogen) atoms. The van der Waals surface area contributed by atoms with Gasteiger partial charge in [-0.15, -0.1) is 0 Å². The molecule has 1 atom stereocenters. The van der Waals surface area contributed by atoms with Gasteiger partial charge in [0.2, 0.25) is 5.91 Å². The first-order valence-electron chi connectivity index (χ1n) is 6.15. The summed E-state index contributed by atoms with van der Waals surface area (Å²) in [6, 6.07) is 7.60. The molecule has 0 saturated heterocycles. The van der Waals surface area contributed by atoms with E-state index in [1.165, 1.54) is 24.3 Å². The fourth-order valence-electron chi connectivity index (χ4n) is 2.00. The van der Waals surface area contributed by atoms with Gasteiger partial charge >= 0.3 is 0 Å². The van der Waals surface area contributed by atoms with Gasteiger partial charge in [0.15, 0.2) is 0 Å². The first-order chi connectivity index (χ1) is 9.86. The van der Waals surface area contributed by atoms with Gasteiger partial charge in [-0.1, -0.05) is 6.07 Å². The van der Waals surface area contributed by atoms with Gasteiger partial charge in [-0.05, 0) is 64.3 Å². The maximum atomic E-state index is 13.6. The number of anilines is 1. The Balaban J connectivity index is 2.35. The molecular weight excluding hydrogens is 342 g/mol. The second kappa shape index (κ2) is 6.22. The van der Waals surface area contributed by atoms with Gasteiger partial charge in [0.05, 0.1) is 4.47 Å². The quantitative estimate of drug-likeness (QED) is 0.879. The number of hydrogen-bond donors (Lipinski definition) is 2. The summed E-state index contributed by atoms with van der Waals surface area (Å²) in [5, 5.41) is 2.83. The molecule has 0 heterocycles. The number of amides is 1. The molecule has 2 aromatic carbocycles. The second-order valence-electron chi connectivity index (χ2n) is 4.67. The predicted molar refractivity (Wildman–Crippen MR) is 80.8 cm³/mol. The topological polar surface area (TPSA) is 55.1 Å². The molecule has 0 aromatic heterocycles. The number of nitrogens with two attached hydrogens (primary N) is 1. The van der Waals surface area contributed by atoms with Crippen LogP contribution in [0.25, 0.3) is 0 Å². The Kier molecular flexibility index (Phi) is 4.57. The maximum absolute atomic E-state index is 13.6. The van der Waals surface area contributed by atoms with E-state index in [1.54, 1.807) is 19.1 Å². The van der Waals surface area contributed by atoms with Crippen molar-refractivity contribution >= 4 is 27.5 Å². The van der Waals surface area contributed by atoms with Gasteiger partial charge < -0.3 is 11.1 Å². The van der Waals surface area contributed by atoms with E-state index in [9.17, 15) is 13.6 Å². The van der Waals surface area contributed by atoms with Crippen LogP contribution >= 0.6 is 15.9 Å². The third-order valence-corrected chi connectivity index (χ3v) is 3.56. The van der Waals surface area contributed by atoms with Gasteiger partial charge in [-0.2, -0.15) is 0 Å². The zero-order valence-electron chi connectivity index (χ0n) is 11.2. The van der Waals surface area contributed by atoms with Crippen LogP contribution in [0.3, 0.4) is 0 Å². The molecule has 0 fully saturated rings. The summed E-state index contributed by atoms with van der Waals surface area (Å²) in [4.78, 5) is 11.6. The first kappa shape index (κ1) is 15.4. The molecule has 6 heteroatoms. The van der Waals surface area contributed by atoms with E-state index in [1.807, 2.05) is 0 Å². The minimum Gasteiger partial charge on any atom is -0.370 e. The van der Waals surface area contributed by atoms with E-state index in [-0.39, 0.29) is 4.47 Å². The number of benzene rings is 2. The molecule has 2 rings (SSSR count). The first-order valence-corrected chi connectivity index (χ1v) is 6.94. The second-order valence-corrected chi connectivity index (χ2v) is 5.52. The maximum Gasteiger partial charge on any atom is 0.244 e. The Hall–Kier alpha value is -1.95. The molecule has 0 radical (unpaired) electrons. The van der Waals surface area contributed by atoms with E-state index < -0.39 is 23.6 Å². The van der Waals surface area contributed by atoms with Crippen molar-refractivity contribution in [1.29, 1.82) is 0 Å². The average Bonchev–Trinajstić information content (AvgIpc) is 2.38. The van der Waals surface area contributed by atoms with E-state index in [2.05, 4.69) is 21.2 Å². The zero-order chi connectivity index (χ0) is 15.6. The molecule has 0 bridgehead atoms. The minimum absolute atomic E-state index is 0.288. The van der Waals surface area contributed by atoms with Crippen LogP contribution in [0.5, 0.6) is 0 Å². The molecule has 1 amide bonds. The SMILES string of the molecule is Cc1cc(F)cc(NC(C(N)=O)c2ccc(Br)c(F)c2)c1. The van der Waals surface area contributed by atoms with Crippen LogP contribution in [0.2, 0.25) is 0 Å². The van der Waals surface area contributed by atoms with Crippen molar-refractivity contribution in [3.05, 3.63) is 63.6 Å². The molecule has 0 aliphatic rings. The van der Waals surface area contributed by atoms with Gasteiger partial charge in [0.1, 0.15) is 17.7 Å². The lowest BCUT2D eigenvalue weighted by atomic mass is 10.1. The molecule has 110 valence electrons. The van der Waals surface area contributed by atoms with Crippen molar-refractivity contribution in [3.8, 4) is 0 Å². The number of halogens is 3. The Labute approximate surface area is 129 Å². The van der Waals surface area contributed by atoms with E-state index >= 15 is 0 Å². The highest BCUT2D eigenvalue weighted by Crippen LogP contribution is 2.24. The highest BCUT2D eigenvalue weighted by Gasteiger charge is 2.19. The van der Waals surface area contributed by atoms with Crippen molar-refractivity contribution in [2.75, 3.05) is 5.32 Å². The van der Waals surface area contributed by atoms with E-state index in [4.69, 9.17) is 5.73 Å².